The first kappa shape index (κ1) is 20.2. The Hall–Kier alpha value is -2.54. The zero-order chi connectivity index (χ0) is 20.5. The lowest BCUT2D eigenvalue weighted by Crippen LogP contribution is -2.36. The van der Waals surface area contributed by atoms with E-state index in [1.807, 2.05) is 32.0 Å². The van der Waals surface area contributed by atoms with Crippen LogP contribution in [0.2, 0.25) is 0 Å². The molecule has 28 heavy (non-hydrogen) atoms. The lowest BCUT2D eigenvalue weighted by molar-refractivity contribution is 0.0979. The van der Waals surface area contributed by atoms with E-state index in [0.29, 0.717) is 12.3 Å². The number of benzene rings is 2. The summed E-state index contributed by atoms with van der Waals surface area (Å²) >= 11 is 0. The number of hydrogen-bond donors (Lipinski definition) is 0. The monoisotopic (exact) mass is 403 g/mol. The summed E-state index contributed by atoms with van der Waals surface area (Å²) in [5.74, 6) is 0.858. The highest BCUT2D eigenvalue weighted by Gasteiger charge is 2.27. The number of sulfone groups is 1. The van der Waals surface area contributed by atoms with E-state index in [4.69, 9.17) is 9.47 Å². The normalized spacial score (nSPS) is 14.0. The van der Waals surface area contributed by atoms with Crippen LogP contribution >= 0.6 is 0 Å². The molecule has 1 aliphatic heterocycles. The molecule has 150 valence electrons. The van der Waals surface area contributed by atoms with Gasteiger partial charge in [-0.25, -0.2) is 8.42 Å². The zero-order valence-corrected chi connectivity index (χ0v) is 17.4. The highest BCUT2D eigenvalue weighted by molar-refractivity contribution is 7.90. The molecule has 0 aliphatic carbocycles. The van der Waals surface area contributed by atoms with Gasteiger partial charge in [-0.2, -0.15) is 0 Å². The largest absolute Gasteiger partial charge is 0.497 e. The molecular weight excluding hydrogens is 378 g/mol. The van der Waals surface area contributed by atoms with Crippen LogP contribution in [0.15, 0.2) is 41.3 Å². The first-order valence-corrected chi connectivity index (χ1v) is 11.1. The van der Waals surface area contributed by atoms with Gasteiger partial charge in [0.2, 0.25) is 0 Å². The van der Waals surface area contributed by atoms with Gasteiger partial charge in [0.05, 0.1) is 23.7 Å². The van der Waals surface area contributed by atoms with E-state index >= 15 is 0 Å². The Bertz CT molecular complexity index is 998. The molecule has 0 unspecified atom stereocenters. The minimum atomic E-state index is -3.45. The molecule has 1 aliphatic rings. The summed E-state index contributed by atoms with van der Waals surface area (Å²) in [4.78, 5) is 15.2. The molecule has 0 bridgehead atoms. The van der Waals surface area contributed by atoms with Crippen molar-refractivity contribution >= 4 is 21.4 Å². The molecule has 7 heteroatoms. The summed E-state index contributed by atoms with van der Waals surface area (Å²) in [6.07, 6.45) is 2.66. The summed E-state index contributed by atoms with van der Waals surface area (Å²) < 4.78 is 35.1. The predicted octanol–water partition coefficient (Wildman–Crippen LogP) is 3.48. The average molecular weight is 404 g/mol. The minimum absolute atomic E-state index is 0.0962. The topological polar surface area (TPSA) is 72.9 Å². The number of carbonyl (C=O) groups is 1. The van der Waals surface area contributed by atoms with Gasteiger partial charge in [0.1, 0.15) is 11.5 Å². The van der Waals surface area contributed by atoms with Crippen molar-refractivity contribution in [2.75, 3.05) is 24.8 Å². The van der Waals surface area contributed by atoms with Gasteiger partial charge in [0.25, 0.3) is 5.91 Å². The number of hydrogen-bond acceptors (Lipinski definition) is 5. The highest BCUT2D eigenvalue weighted by atomic mass is 32.2. The summed E-state index contributed by atoms with van der Waals surface area (Å²) in [5, 5.41) is 0. The third-order valence-corrected chi connectivity index (χ3v) is 5.73. The number of rotatable bonds is 5. The van der Waals surface area contributed by atoms with Crippen molar-refractivity contribution in [2.45, 2.75) is 37.7 Å². The predicted molar refractivity (Wildman–Crippen MR) is 108 cm³/mol. The summed E-state index contributed by atoms with van der Waals surface area (Å²) in [6.45, 7) is 4.28. The number of carbonyl (C=O) groups excluding carboxylic acids is 1. The first-order chi connectivity index (χ1) is 13.2. The maximum Gasteiger partial charge on any atom is 0.262 e. The van der Waals surface area contributed by atoms with Crippen molar-refractivity contribution in [2.24, 2.45) is 0 Å². The zero-order valence-electron chi connectivity index (χ0n) is 16.6. The average Bonchev–Trinajstić information content (AvgIpc) is 2.65. The Labute approximate surface area is 166 Å². The van der Waals surface area contributed by atoms with Crippen LogP contribution in [0.3, 0.4) is 0 Å². The third kappa shape index (κ3) is 4.14. The van der Waals surface area contributed by atoms with Crippen LogP contribution in [0.5, 0.6) is 11.5 Å². The van der Waals surface area contributed by atoms with Crippen molar-refractivity contribution < 1.29 is 22.7 Å². The Balaban J connectivity index is 2.07. The number of fused-ring (bicyclic) bond motifs is 1. The molecule has 3 rings (SSSR count). The van der Waals surface area contributed by atoms with Gasteiger partial charge in [-0.05, 0) is 68.7 Å². The van der Waals surface area contributed by atoms with E-state index in [0.717, 1.165) is 36.1 Å². The fraction of sp³-hybridized carbons (Fsp3) is 0.381. The Morgan fingerprint density at radius 2 is 1.89 bits per heavy atom. The van der Waals surface area contributed by atoms with Crippen LogP contribution in [-0.4, -0.2) is 40.3 Å². The minimum Gasteiger partial charge on any atom is -0.497 e. The highest BCUT2D eigenvalue weighted by Crippen LogP contribution is 2.33. The van der Waals surface area contributed by atoms with E-state index in [2.05, 4.69) is 0 Å². The van der Waals surface area contributed by atoms with Crippen molar-refractivity contribution in [3.05, 3.63) is 47.5 Å². The molecule has 0 radical (unpaired) electrons. The quantitative estimate of drug-likeness (QED) is 0.764. The smallest absolute Gasteiger partial charge is 0.262 e. The molecule has 1 heterocycles. The van der Waals surface area contributed by atoms with Crippen molar-refractivity contribution in [1.82, 2.24) is 0 Å². The number of methoxy groups -OCH3 is 1. The van der Waals surface area contributed by atoms with Gasteiger partial charge in [-0.3, -0.25) is 4.79 Å². The molecule has 0 aromatic heterocycles. The number of anilines is 1. The van der Waals surface area contributed by atoms with E-state index in [1.54, 1.807) is 18.1 Å². The molecule has 0 fully saturated rings. The van der Waals surface area contributed by atoms with Crippen molar-refractivity contribution in [3.63, 3.8) is 0 Å². The second kappa shape index (κ2) is 7.83. The maximum absolute atomic E-state index is 13.4. The molecule has 0 saturated heterocycles. The van der Waals surface area contributed by atoms with E-state index in [9.17, 15) is 13.2 Å². The molecule has 0 N–H and O–H groups in total. The number of amides is 1. The molecule has 0 spiro atoms. The number of aryl methyl sites for hydroxylation is 1. The van der Waals surface area contributed by atoms with E-state index < -0.39 is 9.84 Å². The Morgan fingerprint density at radius 3 is 2.54 bits per heavy atom. The van der Waals surface area contributed by atoms with E-state index in [1.165, 1.54) is 12.1 Å². The molecule has 2 aromatic rings. The van der Waals surface area contributed by atoms with E-state index in [-0.39, 0.29) is 22.5 Å². The molecule has 0 saturated carbocycles. The van der Waals surface area contributed by atoms with Crippen LogP contribution in [-0.2, 0) is 16.3 Å². The van der Waals surface area contributed by atoms with Gasteiger partial charge < -0.3 is 14.4 Å². The Kier molecular flexibility index (Phi) is 5.65. The van der Waals surface area contributed by atoms with Crippen molar-refractivity contribution in [1.29, 1.82) is 0 Å². The second-order valence-corrected chi connectivity index (χ2v) is 9.17. The van der Waals surface area contributed by atoms with Gasteiger partial charge >= 0.3 is 0 Å². The molecular formula is C21H25NO5S. The number of nitrogens with zero attached hydrogens (tertiary/aromatic N) is 1. The van der Waals surface area contributed by atoms with Gasteiger partial charge in [-0.1, -0.05) is 0 Å². The molecule has 2 aromatic carbocycles. The molecule has 1 amide bonds. The SMILES string of the molecule is COc1ccc2c(c1)CCCN2C(=O)c1cc(S(C)(=O)=O)ccc1OC(C)C. The van der Waals surface area contributed by atoms with Crippen LogP contribution < -0.4 is 14.4 Å². The lowest BCUT2D eigenvalue weighted by Gasteiger charge is -2.30. The standard InChI is InChI=1S/C21H25NO5S/c1-14(2)27-20-10-8-17(28(4,24)25)13-18(20)21(23)22-11-5-6-15-12-16(26-3)7-9-19(15)22/h7-10,12-14H,5-6,11H2,1-4H3. The maximum atomic E-state index is 13.4. The fourth-order valence-electron chi connectivity index (χ4n) is 3.32. The summed E-state index contributed by atoms with van der Waals surface area (Å²) in [7, 11) is -1.84. The van der Waals surface area contributed by atoms with Crippen LogP contribution in [0.4, 0.5) is 5.69 Å². The fourth-order valence-corrected chi connectivity index (χ4v) is 3.97. The first-order valence-electron chi connectivity index (χ1n) is 9.20. The number of ether oxygens (including phenoxy) is 2. The summed E-state index contributed by atoms with van der Waals surface area (Å²) in [6, 6.07) is 10.1. The molecule has 6 nitrogen and oxygen atoms in total. The van der Waals surface area contributed by atoms with Gasteiger partial charge in [0.15, 0.2) is 9.84 Å². The van der Waals surface area contributed by atoms with Crippen LogP contribution in [0.1, 0.15) is 36.2 Å². The second-order valence-electron chi connectivity index (χ2n) is 7.15. The lowest BCUT2D eigenvalue weighted by atomic mass is 10.00. The van der Waals surface area contributed by atoms with Gasteiger partial charge in [-0.15, -0.1) is 0 Å². The van der Waals surface area contributed by atoms with Crippen LogP contribution in [0, 0.1) is 0 Å². The third-order valence-electron chi connectivity index (χ3n) is 4.62. The Morgan fingerprint density at radius 1 is 1.14 bits per heavy atom. The van der Waals surface area contributed by atoms with Gasteiger partial charge in [0, 0.05) is 18.5 Å². The van der Waals surface area contributed by atoms with Crippen molar-refractivity contribution in [3.8, 4) is 11.5 Å². The summed E-state index contributed by atoms with van der Waals surface area (Å²) in [5.41, 5.74) is 2.10. The molecule has 0 atom stereocenters. The van der Waals surface area contributed by atoms with Crippen LogP contribution in [0.25, 0.3) is 0 Å².